The lowest BCUT2D eigenvalue weighted by molar-refractivity contribution is -0.122. The summed E-state index contributed by atoms with van der Waals surface area (Å²) < 4.78 is 6.12. The minimum Gasteiger partial charge on any atom is -0.483 e. The molecule has 3 aliphatic heterocycles. The highest BCUT2D eigenvalue weighted by atomic mass is 16.5. The van der Waals surface area contributed by atoms with E-state index >= 15 is 0 Å². The van der Waals surface area contributed by atoms with Crippen molar-refractivity contribution in [2.45, 2.75) is 31.8 Å². The van der Waals surface area contributed by atoms with E-state index in [0.717, 1.165) is 46.9 Å². The van der Waals surface area contributed by atoms with E-state index in [1.807, 2.05) is 24.0 Å². The second-order valence-electron chi connectivity index (χ2n) is 9.53. The number of fused-ring (bicyclic) bond motifs is 3. The van der Waals surface area contributed by atoms with E-state index in [-0.39, 0.29) is 24.1 Å². The Kier molecular flexibility index (Phi) is 5.29. The number of benzene rings is 2. The third-order valence-electron chi connectivity index (χ3n) is 7.11. The Balaban J connectivity index is 1.70. The van der Waals surface area contributed by atoms with Gasteiger partial charge in [-0.05, 0) is 50.6 Å². The van der Waals surface area contributed by atoms with Gasteiger partial charge in [-0.25, -0.2) is 5.43 Å². The number of anilines is 2. The average molecular weight is 450 g/mol. The molecule has 1 atom stereocenters. The van der Waals surface area contributed by atoms with Gasteiger partial charge in [0.2, 0.25) is 0 Å². The Labute approximate surface area is 194 Å². The lowest BCUT2D eigenvalue weighted by atomic mass is 9.88. The zero-order chi connectivity index (χ0) is 23.3. The largest absolute Gasteiger partial charge is 0.483 e. The van der Waals surface area contributed by atoms with Crippen LogP contribution in [0, 0.1) is 0 Å². The van der Waals surface area contributed by atoms with Gasteiger partial charge in [-0.1, -0.05) is 24.3 Å². The normalized spacial score (nSPS) is 21.2. The van der Waals surface area contributed by atoms with Crippen molar-refractivity contribution in [3.8, 4) is 16.9 Å². The zero-order valence-corrected chi connectivity index (χ0v) is 19.6. The highest BCUT2D eigenvalue weighted by Gasteiger charge is 2.42. The summed E-state index contributed by atoms with van der Waals surface area (Å²) in [6.45, 7) is 6.47. The van der Waals surface area contributed by atoms with Gasteiger partial charge in [0.05, 0.1) is 11.2 Å². The lowest BCUT2D eigenvalue weighted by Crippen LogP contribution is -2.66. The highest BCUT2D eigenvalue weighted by Crippen LogP contribution is 2.46. The highest BCUT2D eigenvalue weighted by molar-refractivity contribution is 6.10. The number of amidine groups is 1. The van der Waals surface area contributed by atoms with Crippen molar-refractivity contribution >= 4 is 23.1 Å². The Hall–Kier alpha value is -3.10. The molecule has 3 heterocycles. The van der Waals surface area contributed by atoms with E-state index in [1.165, 1.54) is 0 Å². The molecule has 0 radical (unpaired) electrons. The monoisotopic (exact) mass is 449 g/mol. The maximum Gasteiger partial charge on any atom is 0.262 e. The van der Waals surface area contributed by atoms with E-state index in [9.17, 15) is 9.90 Å². The topological polar surface area (TPSA) is 80.6 Å². The van der Waals surface area contributed by atoms with Crippen LogP contribution in [0.3, 0.4) is 0 Å². The van der Waals surface area contributed by atoms with Crippen molar-refractivity contribution in [2.24, 2.45) is 5.10 Å². The molecule has 2 aromatic carbocycles. The predicted molar refractivity (Wildman–Crippen MR) is 130 cm³/mol. The summed E-state index contributed by atoms with van der Waals surface area (Å²) in [4.78, 5) is 19.0. The molecule has 0 aliphatic carbocycles. The predicted octanol–water partition coefficient (Wildman–Crippen LogP) is 2.06. The molecule has 1 amide bonds. The van der Waals surface area contributed by atoms with Gasteiger partial charge in [0.1, 0.15) is 18.4 Å². The minimum atomic E-state index is -0.378. The first-order chi connectivity index (χ1) is 15.8. The first kappa shape index (κ1) is 21.7. The van der Waals surface area contributed by atoms with Crippen LogP contribution in [-0.4, -0.2) is 73.7 Å². The molecule has 8 nitrogen and oxygen atoms in total. The molecule has 1 saturated heterocycles. The second-order valence-corrected chi connectivity index (χ2v) is 9.53. The van der Waals surface area contributed by atoms with Crippen LogP contribution in [-0.2, 0) is 11.2 Å². The molecule has 0 saturated carbocycles. The number of rotatable bonds is 5. The first-order valence-corrected chi connectivity index (χ1v) is 11.4. The van der Waals surface area contributed by atoms with Crippen LogP contribution in [0.4, 0.5) is 11.4 Å². The molecule has 5 rings (SSSR count). The summed E-state index contributed by atoms with van der Waals surface area (Å²) in [7, 11) is 4.27. The standard InChI is InChI=1S/C25H31N5O3/c1-16-24(32)27-26-23-13-33-22-11-19(18-8-6-5-7-17(18)9-10-31)20(12-21(22)30(16)23)29(4)25(2)14-28(3)15-25/h5-8,11-12,16,31H,9-10,13-15H2,1-4H3,(H,27,32)/t16-/m1/s1. The van der Waals surface area contributed by atoms with Crippen molar-refractivity contribution in [3.63, 3.8) is 0 Å². The molecular weight excluding hydrogens is 418 g/mol. The number of carbonyl (C=O) groups excluding carboxylic acids is 1. The number of nitrogens with zero attached hydrogens (tertiary/aromatic N) is 4. The first-order valence-electron chi connectivity index (χ1n) is 11.4. The summed E-state index contributed by atoms with van der Waals surface area (Å²) >= 11 is 0. The molecule has 2 N–H and O–H groups in total. The summed E-state index contributed by atoms with van der Waals surface area (Å²) in [6.07, 6.45) is 0.581. The van der Waals surface area contributed by atoms with Crippen molar-refractivity contribution in [2.75, 3.05) is 50.2 Å². The number of hydrogen-bond acceptors (Lipinski definition) is 7. The molecule has 0 spiro atoms. The Morgan fingerprint density at radius 3 is 2.76 bits per heavy atom. The van der Waals surface area contributed by atoms with Gasteiger partial charge in [0.25, 0.3) is 5.91 Å². The maximum atomic E-state index is 12.4. The van der Waals surface area contributed by atoms with Crippen molar-refractivity contribution < 1.29 is 14.6 Å². The van der Waals surface area contributed by atoms with Crippen LogP contribution in [0.2, 0.25) is 0 Å². The third-order valence-corrected chi connectivity index (χ3v) is 7.11. The van der Waals surface area contributed by atoms with Gasteiger partial charge in [-0.15, -0.1) is 0 Å². The van der Waals surface area contributed by atoms with E-state index in [2.05, 4.69) is 65.6 Å². The van der Waals surface area contributed by atoms with Crippen molar-refractivity contribution in [1.82, 2.24) is 10.3 Å². The van der Waals surface area contributed by atoms with Crippen LogP contribution in [0.25, 0.3) is 11.1 Å². The number of nitrogens with one attached hydrogen (secondary N) is 1. The van der Waals surface area contributed by atoms with Crippen LogP contribution in [0.5, 0.6) is 5.75 Å². The van der Waals surface area contributed by atoms with E-state index in [1.54, 1.807) is 0 Å². The number of hydrazone groups is 1. The number of likely N-dealkylation sites (N-methyl/N-ethyl adjacent to an activating group) is 2. The van der Waals surface area contributed by atoms with E-state index < -0.39 is 0 Å². The number of aliphatic hydroxyl groups excluding tert-OH is 1. The molecule has 0 unspecified atom stereocenters. The van der Waals surface area contributed by atoms with E-state index in [4.69, 9.17) is 4.74 Å². The van der Waals surface area contributed by atoms with Crippen LogP contribution < -0.4 is 20.0 Å². The third kappa shape index (κ3) is 3.54. The molecule has 33 heavy (non-hydrogen) atoms. The van der Waals surface area contributed by atoms with Crippen LogP contribution in [0.1, 0.15) is 19.4 Å². The van der Waals surface area contributed by atoms with E-state index in [0.29, 0.717) is 18.9 Å². The number of ether oxygens (including phenoxy) is 1. The molecule has 1 fully saturated rings. The Morgan fingerprint density at radius 1 is 1.27 bits per heavy atom. The smallest absolute Gasteiger partial charge is 0.262 e. The summed E-state index contributed by atoms with van der Waals surface area (Å²) in [6, 6.07) is 12.0. The minimum absolute atomic E-state index is 0.0129. The summed E-state index contributed by atoms with van der Waals surface area (Å²) in [5.74, 6) is 1.30. The van der Waals surface area contributed by atoms with Crippen LogP contribution >= 0.6 is 0 Å². The molecule has 0 bridgehead atoms. The molecule has 8 heteroatoms. The quantitative estimate of drug-likeness (QED) is 0.728. The van der Waals surface area contributed by atoms with Gasteiger partial charge >= 0.3 is 0 Å². The second kappa shape index (κ2) is 8.04. The van der Waals surface area contributed by atoms with Crippen molar-refractivity contribution in [3.05, 3.63) is 42.0 Å². The maximum absolute atomic E-state index is 12.4. The van der Waals surface area contributed by atoms with Gasteiger partial charge in [0, 0.05) is 38.0 Å². The number of amides is 1. The number of aliphatic hydroxyl groups is 1. The summed E-state index contributed by atoms with van der Waals surface area (Å²) in [5, 5.41) is 13.9. The Bertz CT molecular complexity index is 1130. The fourth-order valence-electron chi connectivity index (χ4n) is 5.30. The molecule has 0 aromatic heterocycles. The number of hydrogen-bond donors (Lipinski definition) is 2. The fraction of sp³-hybridized carbons (Fsp3) is 0.440. The SMILES string of the molecule is C[C@@H]1C(=O)NN=C2COc3cc(-c4ccccc4CCO)c(N(C)C4(C)CN(C)C4)cc3N21. The Morgan fingerprint density at radius 2 is 2.03 bits per heavy atom. The summed E-state index contributed by atoms with van der Waals surface area (Å²) in [5.41, 5.74) is 7.73. The fourth-order valence-corrected chi connectivity index (χ4v) is 5.30. The van der Waals surface area contributed by atoms with Crippen LogP contribution in [0.15, 0.2) is 41.5 Å². The molecular formula is C25H31N5O3. The zero-order valence-electron chi connectivity index (χ0n) is 19.6. The lowest BCUT2D eigenvalue weighted by Gasteiger charge is -2.53. The number of likely N-dealkylation sites (tertiary alicyclic amines) is 1. The number of carbonyl (C=O) groups is 1. The molecule has 2 aromatic rings. The average Bonchev–Trinajstić information content (AvgIpc) is 2.79. The van der Waals surface area contributed by atoms with Crippen molar-refractivity contribution in [1.29, 1.82) is 0 Å². The molecule has 3 aliphatic rings. The van der Waals surface area contributed by atoms with Gasteiger partial charge in [-0.2, -0.15) is 5.10 Å². The molecule has 174 valence electrons. The van der Waals surface area contributed by atoms with Gasteiger partial charge < -0.3 is 24.5 Å². The van der Waals surface area contributed by atoms with Gasteiger partial charge in [-0.3, -0.25) is 4.79 Å². The van der Waals surface area contributed by atoms with Gasteiger partial charge in [0.15, 0.2) is 5.84 Å².